The minimum Gasteiger partial charge on any atom is -0.348 e. The highest BCUT2D eigenvalue weighted by atomic mass is 32.2. The summed E-state index contributed by atoms with van der Waals surface area (Å²) in [4.78, 5) is 5.98. The van der Waals surface area contributed by atoms with Gasteiger partial charge in [0.15, 0.2) is 15.0 Å². The summed E-state index contributed by atoms with van der Waals surface area (Å²) >= 11 is 1.54. The summed E-state index contributed by atoms with van der Waals surface area (Å²) in [6.07, 6.45) is 1.36. The maximum atomic E-state index is 14.0. The Bertz CT molecular complexity index is 1180. The molecule has 3 aromatic rings. The molecule has 0 unspecified atom stereocenters. The molecule has 0 saturated carbocycles. The number of thiazole rings is 1. The van der Waals surface area contributed by atoms with Gasteiger partial charge in [0.2, 0.25) is 0 Å². The predicted molar refractivity (Wildman–Crippen MR) is 120 cm³/mol. The van der Waals surface area contributed by atoms with Crippen LogP contribution in [0.5, 0.6) is 0 Å². The van der Waals surface area contributed by atoms with Gasteiger partial charge in [0.1, 0.15) is 16.5 Å². The lowest BCUT2D eigenvalue weighted by molar-refractivity contribution is 0.497. The predicted octanol–water partition coefficient (Wildman–Crippen LogP) is 5.07. The lowest BCUT2D eigenvalue weighted by Gasteiger charge is -2.31. The normalized spacial score (nSPS) is 15.4. The van der Waals surface area contributed by atoms with E-state index in [-0.39, 0.29) is 0 Å². The summed E-state index contributed by atoms with van der Waals surface area (Å²) in [6.45, 7) is 5.15. The minimum absolute atomic E-state index is 0.308. The molecule has 2 heterocycles. The number of hydrogen-bond acceptors (Lipinski definition) is 5. The Labute approximate surface area is 185 Å². The number of halogens is 2. The maximum absolute atomic E-state index is 14.0. The van der Waals surface area contributed by atoms with Gasteiger partial charge in [0.05, 0.1) is 10.9 Å². The van der Waals surface area contributed by atoms with E-state index in [4.69, 9.17) is 4.98 Å². The summed E-state index contributed by atoms with van der Waals surface area (Å²) in [7, 11) is -4.07. The van der Waals surface area contributed by atoms with Crippen LogP contribution in [0.4, 0.5) is 13.9 Å². The third kappa shape index (κ3) is 4.50. The molecule has 0 bridgehead atoms. The van der Waals surface area contributed by atoms with Crippen molar-refractivity contribution in [1.82, 2.24) is 4.98 Å². The molecule has 1 saturated heterocycles. The van der Waals surface area contributed by atoms with Crippen LogP contribution in [0, 0.1) is 25.5 Å². The highest BCUT2D eigenvalue weighted by molar-refractivity contribution is 7.92. The highest BCUT2D eigenvalue weighted by Gasteiger charge is 2.35. The quantitative estimate of drug-likeness (QED) is 0.531. The standard InChI is InChI=1S/C23H24F2N2O2S2/c1-15-6-7-17(12-16(15)2)13-18-14-30-23(26-18)27-10-8-19(9-11-27)31(28,29)22-20(24)4-3-5-21(22)25/h3-7,12,14,19H,8-11,13H2,1-2H3. The number of piperidine rings is 1. The molecule has 1 aromatic heterocycles. The van der Waals surface area contributed by atoms with Gasteiger partial charge in [-0.2, -0.15) is 0 Å². The van der Waals surface area contributed by atoms with Crippen molar-refractivity contribution in [2.75, 3.05) is 18.0 Å². The Balaban J connectivity index is 1.43. The topological polar surface area (TPSA) is 50.3 Å². The largest absolute Gasteiger partial charge is 0.348 e. The van der Waals surface area contributed by atoms with Crippen LogP contribution in [-0.4, -0.2) is 31.7 Å². The number of benzene rings is 2. The second-order valence-corrected chi connectivity index (χ2v) is 11.0. The van der Waals surface area contributed by atoms with Gasteiger partial charge in [0.25, 0.3) is 0 Å². The summed E-state index contributed by atoms with van der Waals surface area (Å²) < 4.78 is 53.7. The first-order chi connectivity index (χ1) is 14.8. The van der Waals surface area contributed by atoms with Crippen LogP contribution in [0.25, 0.3) is 0 Å². The van der Waals surface area contributed by atoms with Crippen LogP contribution in [0.2, 0.25) is 0 Å². The van der Waals surface area contributed by atoms with Crippen molar-refractivity contribution in [3.63, 3.8) is 0 Å². The van der Waals surface area contributed by atoms with Crippen molar-refractivity contribution in [2.24, 2.45) is 0 Å². The number of aromatic nitrogens is 1. The first-order valence-electron chi connectivity index (χ1n) is 10.2. The molecule has 0 spiro atoms. The summed E-state index contributed by atoms with van der Waals surface area (Å²) in [6, 6.07) is 9.54. The number of aryl methyl sites for hydroxylation is 2. The Morgan fingerprint density at radius 2 is 1.74 bits per heavy atom. The van der Waals surface area contributed by atoms with Gasteiger partial charge in [-0.15, -0.1) is 11.3 Å². The molecule has 4 rings (SSSR count). The Kier molecular flexibility index (Phi) is 6.12. The number of nitrogens with zero attached hydrogens (tertiary/aromatic N) is 2. The van der Waals surface area contributed by atoms with Crippen LogP contribution in [0.15, 0.2) is 46.7 Å². The fourth-order valence-corrected chi connectivity index (χ4v) is 6.65. The van der Waals surface area contributed by atoms with Crippen LogP contribution >= 0.6 is 11.3 Å². The zero-order chi connectivity index (χ0) is 22.2. The summed E-state index contributed by atoms with van der Waals surface area (Å²) in [5.74, 6) is -2.06. The van der Waals surface area contributed by atoms with Crippen LogP contribution in [0.3, 0.4) is 0 Å². The van der Waals surface area contributed by atoms with Crippen LogP contribution in [-0.2, 0) is 16.3 Å². The van der Waals surface area contributed by atoms with E-state index in [2.05, 4.69) is 36.9 Å². The van der Waals surface area contributed by atoms with E-state index in [0.717, 1.165) is 29.4 Å². The molecule has 1 fully saturated rings. The molecule has 0 atom stereocenters. The average molecular weight is 463 g/mol. The molecule has 164 valence electrons. The monoisotopic (exact) mass is 462 g/mol. The van der Waals surface area contributed by atoms with Crippen molar-refractivity contribution < 1.29 is 17.2 Å². The van der Waals surface area contributed by atoms with E-state index in [1.807, 2.05) is 5.38 Å². The SMILES string of the molecule is Cc1ccc(Cc2csc(N3CCC(S(=O)(=O)c4c(F)cccc4F)CC3)n2)cc1C. The lowest BCUT2D eigenvalue weighted by Crippen LogP contribution is -2.39. The smallest absolute Gasteiger partial charge is 0.187 e. The second kappa shape index (κ2) is 8.67. The molecular formula is C23H24F2N2O2S2. The number of rotatable bonds is 5. The van der Waals surface area contributed by atoms with Gasteiger partial charge in [-0.1, -0.05) is 24.3 Å². The molecule has 4 nitrogen and oxygen atoms in total. The molecule has 0 N–H and O–H groups in total. The average Bonchev–Trinajstić information content (AvgIpc) is 3.19. The molecule has 1 aliphatic heterocycles. The first kappa shape index (κ1) is 21.9. The highest BCUT2D eigenvalue weighted by Crippen LogP contribution is 2.31. The van der Waals surface area contributed by atoms with E-state index in [0.29, 0.717) is 25.9 Å². The van der Waals surface area contributed by atoms with Gasteiger partial charge in [-0.3, -0.25) is 0 Å². The van der Waals surface area contributed by atoms with Crippen LogP contribution in [0.1, 0.15) is 35.2 Å². The zero-order valence-electron chi connectivity index (χ0n) is 17.4. The number of hydrogen-bond donors (Lipinski definition) is 0. The third-order valence-electron chi connectivity index (χ3n) is 5.85. The van der Waals surface area contributed by atoms with Crippen LogP contribution < -0.4 is 4.90 Å². The van der Waals surface area contributed by atoms with Crippen molar-refractivity contribution in [2.45, 2.75) is 43.3 Å². The first-order valence-corrected chi connectivity index (χ1v) is 12.6. The fourth-order valence-electron chi connectivity index (χ4n) is 3.92. The Hall–Kier alpha value is -2.32. The van der Waals surface area contributed by atoms with E-state index < -0.39 is 31.6 Å². The number of sulfone groups is 1. The van der Waals surface area contributed by atoms with Crippen molar-refractivity contribution >= 4 is 26.3 Å². The van der Waals surface area contributed by atoms with Gasteiger partial charge in [0, 0.05) is 24.9 Å². The van der Waals surface area contributed by atoms with E-state index >= 15 is 0 Å². The van der Waals surface area contributed by atoms with E-state index in [9.17, 15) is 17.2 Å². The molecule has 0 aliphatic carbocycles. The Morgan fingerprint density at radius 1 is 1.06 bits per heavy atom. The number of anilines is 1. The van der Waals surface area contributed by atoms with Crippen molar-refractivity contribution in [3.05, 3.63) is 75.8 Å². The molecule has 0 radical (unpaired) electrons. The lowest BCUT2D eigenvalue weighted by atomic mass is 10.0. The van der Waals surface area contributed by atoms with Crippen molar-refractivity contribution in [3.8, 4) is 0 Å². The van der Waals surface area contributed by atoms with Gasteiger partial charge in [-0.05, 0) is 55.5 Å². The Morgan fingerprint density at radius 3 is 2.39 bits per heavy atom. The third-order valence-corrected chi connectivity index (χ3v) is 9.11. The van der Waals surface area contributed by atoms with E-state index in [1.54, 1.807) is 0 Å². The summed E-state index contributed by atoms with van der Waals surface area (Å²) in [5.41, 5.74) is 4.70. The molecule has 31 heavy (non-hydrogen) atoms. The maximum Gasteiger partial charge on any atom is 0.187 e. The van der Waals surface area contributed by atoms with Gasteiger partial charge >= 0.3 is 0 Å². The molecule has 0 amide bonds. The zero-order valence-corrected chi connectivity index (χ0v) is 19.1. The van der Waals surface area contributed by atoms with Crippen molar-refractivity contribution in [1.29, 1.82) is 0 Å². The fraction of sp³-hybridized carbons (Fsp3) is 0.348. The minimum atomic E-state index is -4.07. The molecule has 2 aromatic carbocycles. The van der Waals surface area contributed by atoms with E-state index in [1.165, 1.54) is 34.1 Å². The van der Waals surface area contributed by atoms with Gasteiger partial charge in [-0.25, -0.2) is 22.2 Å². The molecule has 8 heteroatoms. The molecule has 1 aliphatic rings. The second-order valence-electron chi connectivity index (χ2n) is 8.00. The molecular weight excluding hydrogens is 438 g/mol. The van der Waals surface area contributed by atoms with Gasteiger partial charge < -0.3 is 4.90 Å². The summed E-state index contributed by atoms with van der Waals surface area (Å²) in [5, 5.41) is 2.08.